The van der Waals surface area contributed by atoms with Crippen LogP contribution in [0.15, 0.2) is 42.7 Å². The number of benzene rings is 1. The Kier molecular flexibility index (Phi) is 5.56. The van der Waals surface area contributed by atoms with Crippen molar-refractivity contribution >= 4 is 5.91 Å². The zero-order valence-corrected chi connectivity index (χ0v) is 13.4. The number of carbonyl (C=O) groups is 1. The molecule has 1 aliphatic rings. The summed E-state index contributed by atoms with van der Waals surface area (Å²) in [5.41, 5.74) is 0. The minimum atomic E-state index is -0.255. The lowest BCUT2D eigenvalue weighted by Crippen LogP contribution is -2.29. The molecule has 0 bridgehead atoms. The SMILES string of the molecule is O=C(COc1cccnc1)NCC#CCOc1ccc2c(c1)OCO2. The van der Waals surface area contributed by atoms with Crippen LogP contribution >= 0.6 is 0 Å². The van der Waals surface area contributed by atoms with Gasteiger partial charge in [-0.05, 0) is 24.3 Å². The van der Waals surface area contributed by atoms with E-state index in [0.29, 0.717) is 23.0 Å². The van der Waals surface area contributed by atoms with Gasteiger partial charge in [0, 0.05) is 12.3 Å². The average Bonchev–Trinajstić information content (AvgIpc) is 3.11. The molecule has 1 amide bonds. The summed E-state index contributed by atoms with van der Waals surface area (Å²) in [6.07, 6.45) is 3.18. The van der Waals surface area contributed by atoms with Crippen LogP contribution < -0.4 is 24.3 Å². The Bertz CT molecular complexity index is 783. The van der Waals surface area contributed by atoms with Crippen LogP contribution in [0.3, 0.4) is 0 Å². The fourth-order valence-corrected chi connectivity index (χ4v) is 1.97. The number of hydrogen-bond acceptors (Lipinski definition) is 6. The fraction of sp³-hybridized carbons (Fsp3) is 0.222. The van der Waals surface area contributed by atoms with Gasteiger partial charge in [-0.1, -0.05) is 11.8 Å². The third-order valence-electron chi connectivity index (χ3n) is 3.16. The predicted molar refractivity (Wildman–Crippen MR) is 88.6 cm³/mol. The molecule has 2 heterocycles. The van der Waals surface area contributed by atoms with E-state index >= 15 is 0 Å². The van der Waals surface area contributed by atoms with Gasteiger partial charge in [0.1, 0.15) is 18.1 Å². The maximum Gasteiger partial charge on any atom is 0.258 e. The van der Waals surface area contributed by atoms with E-state index in [1.165, 1.54) is 0 Å². The van der Waals surface area contributed by atoms with E-state index in [1.54, 1.807) is 42.7 Å². The summed E-state index contributed by atoms with van der Waals surface area (Å²) < 4.78 is 21.2. The molecule has 128 valence electrons. The van der Waals surface area contributed by atoms with Crippen LogP contribution in [0.4, 0.5) is 0 Å². The first-order valence-electron chi connectivity index (χ1n) is 7.59. The van der Waals surface area contributed by atoms with Gasteiger partial charge in [0.15, 0.2) is 18.1 Å². The second-order valence-electron chi connectivity index (χ2n) is 4.91. The summed E-state index contributed by atoms with van der Waals surface area (Å²) in [6, 6.07) is 8.79. The molecule has 1 aliphatic heterocycles. The normalized spacial score (nSPS) is 11.2. The van der Waals surface area contributed by atoms with Crippen LogP contribution in [0.25, 0.3) is 0 Å². The van der Waals surface area contributed by atoms with Crippen molar-refractivity contribution in [3.05, 3.63) is 42.7 Å². The minimum Gasteiger partial charge on any atom is -0.482 e. The predicted octanol–water partition coefficient (Wildman–Crippen LogP) is 1.39. The molecule has 0 atom stereocenters. The Labute approximate surface area is 144 Å². The van der Waals surface area contributed by atoms with Crippen LogP contribution in [-0.2, 0) is 4.79 Å². The Hall–Kier alpha value is -3.40. The summed E-state index contributed by atoms with van der Waals surface area (Å²) in [5.74, 6) is 7.92. The Morgan fingerprint density at radius 2 is 2.08 bits per heavy atom. The highest BCUT2D eigenvalue weighted by molar-refractivity contribution is 5.77. The molecule has 7 nitrogen and oxygen atoms in total. The van der Waals surface area contributed by atoms with Gasteiger partial charge in [0.05, 0.1) is 12.7 Å². The Morgan fingerprint density at radius 3 is 2.96 bits per heavy atom. The van der Waals surface area contributed by atoms with E-state index < -0.39 is 0 Å². The lowest BCUT2D eigenvalue weighted by molar-refractivity contribution is -0.122. The molecule has 0 fully saturated rings. The number of hydrogen-bond donors (Lipinski definition) is 1. The second kappa shape index (κ2) is 8.45. The number of carbonyl (C=O) groups excluding carboxylic acids is 1. The Balaban J connectivity index is 1.32. The highest BCUT2D eigenvalue weighted by atomic mass is 16.7. The van der Waals surface area contributed by atoms with E-state index in [1.807, 2.05) is 0 Å². The van der Waals surface area contributed by atoms with Crippen molar-refractivity contribution in [3.8, 4) is 34.8 Å². The van der Waals surface area contributed by atoms with Crippen molar-refractivity contribution in [2.75, 3.05) is 26.6 Å². The first-order chi connectivity index (χ1) is 12.3. The summed E-state index contributed by atoms with van der Waals surface area (Å²) in [4.78, 5) is 15.5. The van der Waals surface area contributed by atoms with Gasteiger partial charge in [0.2, 0.25) is 6.79 Å². The minimum absolute atomic E-state index is 0.0823. The summed E-state index contributed by atoms with van der Waals surface area (Å²) >= 11 is 0. The topological polar surface area (TPSA) is 78.9 Å². The molecule has 3 rings (SSSR count). The quantitative estimate of drug-likeness (QED) is 0.801. The monoisotopic (exact) mass is 340 g/mol. The number of pyridine rings is 1. The zero-order chi connectivity index (χ0) is 17.3. The van der Waals surface area contributed by atoms with E-state index in [2.05, 4.69) is 22.1 Å². The third kappa shape index (κ3) is 5.04. The van der Waals surface area contributed by atoms with Gasteiger partial charge in [-0.2, -0.15) is 0 Å². The maximum atomic E-state index is 11.6. The maximum absolute atomic E-state index is 11.6. The number of nitrogens with zero attached hydrogens (tertiary/aromatic N) is 1. The number of rotatable bonds is 6. The average molecular weight is 340 g/mol. The second-order valence-corrected chi connectivity index (χ2v) is 4.91. The standard InChI is InChI=1S/C18H16N2O5/c21-18(12-23-15-4-3-7-19-11-15)20-8-1-2-9-22-14-5-6-16-17(10-14)25-13-24-16/h3-7,10-11H,8-9,12-13H2,(H,20,21). The molecule has 2 aromatic rings. The zero-order valence-electron chi connectivity index (χ0n) is 13.4. The fourth-order valence-electron chi connectivity index (χ4n) is 1.97. The van der Waals surface area contributed by atoms with Gasteiger partial charge >= 0.3 is 0 Å². The molecule has 0 unspecified atom stereocenters. The molecule has 1 aromatic carbocycles. The molecule has 0 spiro atoms. The van der Waals surface area contributed by atoms with Crippen LogP contribution in [0.2, 0.25) is 0 Å². The number of aromatic nitrogens is 1. The van der Waals surface area contributed by atoms with Crippen LogP contribution in [0.5, 0.6) is 23.0 Å². The first-order valence-corrected chi connectivity index (χ1v) is 7.59. The molecular weight excluding hydrogens is 324 g/mol. The van der Waals surface area contributed by atoms with Crippen molar-refractivity contribution in [2.24, 2.45) is 0 Å². The smallest absolute Gasteiger partial charge is 0.258 e. The number of nitrogens with one attached hydrogen (secondary N) is 1. The van der Waals surface area contributed by atoms with Crippen LogP contribution in [0.1, 0.15) is 0 Å². The molecule has 1 aromatic heterocycles. The molecule has 0 radical (unpaired) electrons. The van der Waals surface area contributed by atoms with Crippen molar-refractivity contribution in [1.29, 1.82) is 0 Å². The van der Waals surface area contributed by atoms with Crippen molar-refractivity contribution < 1.29 is 23.7 Å². The largest absolute Gasteiger partial charge is 0.482 e. The lowest BCUT2D eigenvalue weighted by Gasteiger charge is -2.04. The van der Waals surface area contributed by atoms with Crippen LogP contribution in [-0.4, -0.2) is 37.4 Å². The summed E-state index contributed by atoms with van der Waals surface area (Å²) in [6.45, 7) is 0.575. The van der Waals surface area contributed by atoms with Gasteiger partial charge in [0.25, 0.3) is 5.91 Å². The highest BCUT2D eigenvalue weighted by Crippen LogP contribution is 2.34. The summed E-state index contributed by atoms with van der Waals surface area (Å²) in [7, 11) is 0. The van der Waals surface area contributed by atoms with E-state index in [9.17, 15) is 4.79 Å². The third-order valence-corrected chi connectivity index (χ3v) is 3.16. The molecule has 0 saturated heterocycles. The molecular formula is C18H16N2O5. The van der Waals surface area contributed by atoms with E-state index in [0.717, 1.165) is 0 Å². The van der Waals surface area contributed by atoms with E-state index in [-0.39, 0.29) is 32.5 Å². The number of amides is 1. The summed E-state index contributed by atoms with van der Waals surface area (Å²) in [5, 5.41) is 2.64. The molecule has 0 aliphatic carbocycles. The van der Waals surface area contributed by atoms with Crippen molar-refractivity contribution in [1.82, 2.24) is 10.3 Å². The van der Waals surface area contributed by atoms with Crippen molar-refractivity contribution in [3.63, 3.8) is 0 Å². The molecule has 25 heavy (non-hydrogen) atoms. The van der Waals surface area contributed by atoms with Gasteiger partial charge in [-0.25, -0.2) is 0 Å². The van der Waals surface area contributed by atoms with Gasteiger partial charge in [-0.3, -0.25) is 9.78 Å². The molecule has 0 saturated carbocycles. The van der Waals surface area contributed by atoms with Crippen LogP contribution in [0, 0.1) is 11.8 Å². The number of fused-ring (bicyclic) bond motifs is 1. The molecule has 7 heteroatoms. The van der Waals surface area contributed by atoms with Gasteiger partial charge in [-0.15, -0.1) is 0 Å². The lowest BCUT2D eigenvalue weighted by atomic mass is 10.3. The first kappa shape index (κ1) is 16.5. The molecule has 1 N–H and O–H groups in total. The van der Waals surface area contributed by atoms with E-state index in [4.69, 9.17) is 18.9 Å². The highest BCUT2D eigenvalue weighted by Gasteiger charge is 2.13. The van der Waals surface area contributed by atoms with Gasteiger partial charge < -0.3 is 24.3 Å². The number of ether oxygens (including phenoxy) is 4. The van der Waals surface area contributed by atoms with Crippen molar-refractivity contribution in [2.45, 2.75) is 0 Å². The Morgan fingerprint density at radius 1 is 1.16 bits per heavy atom.